The van der Waals surface area contributed by atoms with Crippen molar-refractivity contribution in [1.29, 1.82) is 0 Å². The van der Waals surface area contributed by atoms with Crippen LogP contribution in [-0.4, -0.2) is 9.97 Å². The maximum absolute atomic E-state index is 6.15. The molecule has 90 valence electrons. The third-order valence-electron chi connectivity index (χ3n) is 3.80. The lowest BCUT2D eigenvalue weighted by Crippen LogP contribution is -2.22. The Labute approximate surface area is 105 Å². The minimum absolute atomic E-state index is 0.117. The number of fused-ring (bicyclic) bond motifs is 1. The molecule has 1 aliphatic rings. The van der Waals surface area contributed by atoms with Crippen LogP contribution in [0.4, 0.5) is 5.69 Å². The fourth-order valence-electron chi connectivity index (χ4n) is 2.68. The van der Waals surface area contributed by atoms with Crippen molar-refractivity contribution in [3.05, 3.63) is 16.8 Å². The van der Waals surface area contributed by atoms with E-state index in [1.807, 2.05) is 6.92 Å². The van der Waals surface area contributed by atoms with Crippen LogP contribution in [0.25, 0.3) is 10.3 Å². The van der Waals surface area contributed by atoms with E-state index in [2.05, 4.69) is 23.8 Å². The van der Waals surface area contributed by atoms with E-state index in [1.54, 1.807) is 17.5 Å². The zero-order chi connectivity index (χ0) is 12.2. The molecular formula is C13H17N3S. The Morgan fingerprint density at radius 3 is 2.76 bits per heavy atom. The van der Waals surface area contributed by atoms with Crippen LogP contribution < -0.4 is 5.73 Å². The van der Waals surface area contributed by atoms with Crippen molar-refractivity contribution in [2.24, 2.45) is 5.92 Å². The molecule has 4 heteroatoms. The molecule has 2 aromatic rings. The number of nitrogen functional groups attached to an aromatic ring is 1. The normalized spacial score (nSPS) is 16.6. The molecule has 1 aliphatic carbocycles. The SMILES string of the molecule is Cc1nc2c(C(C)(C)C3CC3)c(N)cnc2s1. The molecule has 0 bridgehead atoms. The van der Waals surface area contributed by atoms with Gasteiger partial charge in [0.15, 0.2) is 0 Å². The summed E-state index contributed by atoms with van der Waals surface area (Å²) in [4.78, 5) is 10.0. The van der Waals surface area contributed by atoms with Gasteiger partial charge in [-0.2, -0.15) is 0 Å². The molecule has 0 radical (unpaired) electrons. The fraction of sp³-hybridized carbons (Fsp3) is 0.538. The highest BCUT2D eigenvalue weighted by molar-refractivity contribution is 7.18. The molecule has 2 heterocycles. The minimum Gasteiger partial charge on any atom is -0.397 e. The Balaban J connectivity index is 2.29. The van der Waals surface area contributed by atoms with Crippen molar-refractivity contribution in [2.45, 2.75) is 39.0 Å². The van der Waals surface area contributed by atoms with Crippen LogP contribution in [0.2, 0.25) is 0 Å². The van der Waals surface area contributed by atoms with Crippen LogP contribution in [0.15, 0.2) is 6.20 Å². The summed E-state index contributed by atoms with van der Waals surface area (Å²) in [5, 5.41) is 1.06. The van der Waals surface area contributed by atoms with Gasteiger partial charge in [0, 0.05) is 5.56 Å². The first-order valence-corrected chi connectivity index (χ1v) is 6.84. The van der Waals surface area contributed by atoms with E-state index < -0.39 is 0 Å². The lowest BCUT2D eigenvalue weighted by Gasteiger charge is -2.26. The van der Waals surface area contributed by atoms with Crippen molar-refractivity contribution < 1.29 is 0 Å². The van der Waals surface area contributed by atoms with Gasteiger partial charge in [0.05, 0.1) is 16.9 Å². The molecule has 1 fully saturated rings. The van der Waals surface area contributed by atoms with Crippen LogP contribution in [0, 0.1) is 12.8 Å². The highest BCUT2D eigenvalue weighted by Gasteiger charge is 2.41. The molecule has 3 rings (SSSR count). The van der Waals surface area contributed by atoms with Crippen molar-refractivity contribution >= 4 is 27.4 Å². The maximum atomic E-state index is 6.15. The first-order valence-electron chi connectivity index (χ1n) is 6.02. The fourth-order valence-corrected chi connectivity index (χ4v) is 3.45. The van der Waals surface area contributed by atoms with E-state index in [0.717, 1.165) is 27.0 Å². The van der Waals surface area contributed by atoms with E-state index in [4.69, 9.17) is 5.73 Å². The van der Waals surface area contributed by atoms with E-state index >= 15 is 0 Å². The smallest absolute Gasteiger partial charge is 0.143 e. The second-order valence-electron chi connectivity index (χ2n) is 5.47. The number of nitrogens with two attached hydrogens (primary N) is 1. The van der Waals surface area contributed by atoms with Crippen LogP contribution >= 0.6 is 11.3 Å². The minimum atomic E-state index is 0.117. The maximum Gasteiger partial charge on any atom is 0.143 e. The number of rotatable bonds is 2. The zero-order valence-corrected chi connectivity index (χ0v) is 11.3. The summed E-state index contributed by atoms with van der Waals surface area (Å²) in [6.07, 6.45) is 4.40. The third kappa shape index (κ3) is 1.62. The molecule has 0 amide bonds. The third-order valence-corrected chi connectivity index (χ3v) is 4.68. The Hall–Kier alpha value is -1.16. The second kappa shape index (κ2) is 3.42. The zero-order valence-electron chi connectivity index (χ0n) is 10.4. The molecule has 3 nitrogen and oxygen atoms in total. The van der Waals surface area contributed by atoms with Gasteiger partial charge in [0.1, 0.15) is 10.3 Å². The van der Waals surface area contributed by atoms with E-state index in [9.17, 15) is 0 Å². The van der Waals surface area contributed by atoms with Gasteiger partial charge in [0.2, 0.25) is 0 Å². The molecule has 0 aliphatic heterocycles. The number of pyridine rings is 1. The highest BCUT2D eigenvalue weighted by Crippen LogP contribution is 2.50. The van der Waals surface area contributed by atoms with Crippen LogP contribution in [0.3, 0.4) is 0 Å². The molecule has 0 atom stereocenters. The number of nitrogens with zero attached hydrogens (tertiary/aromatic N) is 2. The van der Waals surface area contributed by atoms with Crippen LogP contribution in [0.5, 0.6) is 0 Å². The van der Waals surface area contributed by atoms with Gasteiger partial charge in [-0.15, -0.1) is 0 Å². The summed E-state index contributed by atoms with van der Waals surface area (Å²) in [5.74, 6) is 0.748. The predicted molar refractivity (Wildman–Crippen MR) is 72.3 cm³/mol. The summed E-state index contributed by atoms with van der Waals surface area (Å²) in [5.41, 5.74) is 9.28. The van der Waals surface area contributed by atoms with Crippen molar-refractivity contribution in [3.8, 4) is 0 Å². The topological polar surface area (TPSA) is 51.8 Å². The standard InChI is InChI=1S/C13H17N3S/c1-7-16-11-10(13(2,3)8-4-5-8)9(14)6-15-12(11)17-7/h6,8H,4-5,14H2,1-3H3. The Bertz CT molecular complexity index is 582. The molecule has 0 unspecified atom stereocenters. The van der Waals surface area contributed by atoms with Crippen LogP contribution in [0.1, 0.15) is 37.3 Å². The second-order valence-corrected chi connectivity index (χ2v) is 6.65. The summed E-state index contributed by atoms with van der Waals surface area (Å²) < 4.78 is 0. The first kappa shape index (κ1) is 11.0. The number of anilines is 1. The van der Waals surface area contributed by atoms with Gasteiger partial charge in [0.25, 0.3) is 0 Å². The van der Waals surface area contributed by atoms with Gasteiger partial charge < -0.3 is 5.73 Å². The first-order chi connectivity index (χ1) is 8.00. The summed E-state index contributed by atoms with van der Waals surface area (Å²) in [6.45, 7) is 6.59. The number of aromatic nitrogens is 2. The number of aryl methyl sites for hydroxylation is 1. The van der Waals surface area contributed by atoms with Gasteiger partial charge in [-0.1, -0.05) is 25.2 Å². The van der Waals surface area contributed by atoms with Gasteiger partial charge in [-0.3, -0.25) is 0 Å². The van der Waals surface area contributed by atoms with Gasteiger partial charge in [-0.05, 0) is 31.1 Å². The molecule has 0 spiro atoms. The molecule has 2 N–H and O–H groups in total. The van der Waals surface area contributed by atoms with Gasteiger partial charge in [-0.25, -0.2) is 9.97 Å². The molecule has 0 saturated heterocycles. The Morgan fingerprint density at radius 1 is 1.41 bits per heavy atom. The van der Waals surface area contributed by atoms with E-state index in [1.165, 1.54) is 18.4 Å². The van der Waals surface area contributed by atoms with Crippen molar-refractivity contribution in [2.75, 3.05) is 5.73 Å². The quantitative estimate of drug-likeness (QED) is 0.886. The number of hydrogen-bond acceptors (Lipinski definition) is 4. The monoisotopic (exact) mass is 247 g/mol. The number of hydrogen-bond donors (Lipinski definition) is 1. The van der Waals surface area contributed by atoms with Crippen molar-refractivity contribution in [3.63, 3.8) is 0 Å². The lowest BCUT2D eigenvalue weighted by molar-refractivity contribution is 0.459. The Kier molecular flexibility index (Phi) is 2.20. The average molecular weight is 247 g/mol. The summed E-state index contributed by atoms with van der Waals surface area (Å²) >= 11 is 1.65. The highest BCUT2D eigenvalue weighted by atomic mass is 32.1. The molecule has 2 aromatic heterocycles. The molecular weight excluding hydrogens is 230 g/mol. The van der Waals surface area contributed by atoms with E-state index in [-0.39, 0.29) is 5.41 Å². The lowest BCUT2D eigenvalue weighted by atomic mass is 9.79. The summed E-state index contributed by atoms with van der Waals surface area (Å²) in [6, 6.07) is 0. The summed E-state index contributed by atoms with van der Waals surface area (Å²) in [7, 11) is 0. The average Bonchev–Trinajstić information content (AvgIpc) is 3.01. The van der Waals surface area contributed by atoms with E-state index in [0.29, 0.717) is 0 Å². The predicted octanol–water partition coefficient (Wildman–Crippen LogP) is 3.27. The largest absolute Gasteiger partial charge is 0.397 e. The van der Waals surface area contributed by atoms with Gasteiger partial charge >= 0.3 is 0 Å². The number of thiazole rings is 1. The van der Waals surface area contributed by atoms with Crippen LogP contribution in [-0.2, 0) is 5.41 Å². The molecule has 1 saturated carbocycles. The molecule has 0 aromatic carbocycles. The van der Waals surface area contributed by atoms with Crippen molar-refractivity contribution in [1.82, 2.24) is 9.97 Å². The molecule has 17 heavy (non-hydrogen) atoms. The Morgan fingerprint density at radius 2 is 2.12 bits per heavy atom.